The van der Waals surface area contributed by atoms with Crippen molar-refractivity contribution in [2.24, 2.45) is 0 Å². The summed E-state index contributed by atoms with van der Waals surface area (Å²) in [5, 5.41) is 11.1. The smallest absolute Gasteiger partial charge is 0.300 e. The molecule has 6 nitrogen and oxygen atoms in total. The van der Waals surface area contributed by atoms with Crippen LogP contribution in [-0.2, 0) is 9.59 Å². The third kappa shape index (κ3) is 3.80. The summed E-state index contributed by atoms with van der Waals surface area (Å²) in [6, 6.07) is 17.0. The molecule has 1 fully saturated rings. The number of ketones is 1. The van der Waals surface area contributed by atoms with Gasteiger partial charge in [0.25, 0.3) is 11.7 Å². The molecule has 0 bridgehead atoms. The fourth-order valence-corrected chi connectivity index (χ4v) is 3.80. The van der Waals surface area contributed by atoms with E-state index >= 15 is 0 Å². The number of Topliss-reactive ketones (excluding diaryl/α,β-unsaturated/α-hetero) is 1. The van der Waals surface area contributed by atoms with Crippen LogP contribution in [0.4, 0.5) is 5.69 Å². The van der Waals surface area contributed by atoms with E-state index in [-0.39, 0.29) is 11.3 Å². The molecule has 1 N–H and O–H groups in total. The summed E-state index contributed by atoms with van der Waals surface area (Å²) < 4.78 is 5.62. The quantitative estimate of drug-likeness (QED) is 0.380. The van der Waals surface area contributed by atoms with E-state index in [0.717, 1.165) is 5.56 Å². The fourth-order valence-electron chi connectivity index (χ4n) is 3.80. The topological polar surface area (TPSA) is 79.7 Å². The Hall–Kier alpha value is -3.93. The highest BCUT2D eigenvalue weighted by atomic mass is 16.5. The number of benzene rings is 2. The number of pyridine rings is 1. The summed E-state index contributed by atoms with van der Waals surface area (Å²) in [5.41, 5.74) is 2.66. The molecule has 2 heterocycles. The Morgan fingerprint density at radius 1 is 1.06 bits per heavy atom. The number of hydrogen-bond donors (Lipinski definition) is 1. The molecule has 1 saturated heterocycles. The number of carbonyl (C=O) groups excluding carboxylic acids is 2. The molecule has 6 heteroatoms. The lowest BCUT2D eigenvalue weighted by Gasteiger charge is -2.26. The average Bonchev–Trinajstić information content (AvgIpc) is 3.05. The van der Waals surface area contributed by atoms with E-state index in [0.29, 0.717) is 29.2 Å². The van der Waals surface area contributed by atoms with Crippen molar-refractivity contribution in [3.05, 3.63) is 95.3 Å². The largest absolute Gasteiger partial charge is 0.507 e. The van der Waals surface area contributed by atoms with Crippen molar-refractivity contribution >= 4 is 23.1 Å². The van der Waals surface area contributed by atoms with Crippen molar-refractivity contribution < 1.29 is 19.4 Å². The van der Waals surface area contributed by atoms with Gasteiger partial charge in [0.15, 0.2) is 0 Å². The van der Waals surface area contributed by atoms with E-state index in [1.165, 1.54) is 17.3 Å². The summed E-state index contributed by atoms with van der Waals surface area (Å²) in [7, 11) is 0. The molecule has 1 aliphatic heterocycles. The summed E-state index contributed by atoms with van der Waals surface area (Å²) in [6.07, 6.45) is 3.05. The maximum Gasteiger partial charge on any atom is 0.300 e. The van der Waals surface area contributed by atoms with Gasteiger partial charge in [0.1, 0.15) is 11.5 Å². The molecule has 4 rings (SSSR count). The summed E-state index contributed by atoms with van der Waals surface area (Å²) in [5.74, 6) is -1.03. The van der Waals surface area contributed by atoms with Gasteiger partial charge in [-0.2, -0.15) is 0 Å². The standard InChI is InChI=1S/C25H22N2O4/c1-3-31-20-9-5-7-18(15-20)22-21(23(28)17-10-12-26-13-11-17)24(29)25(30)27(22)19-8-4-6-16(2)14-19/h4-15,22,28H,3H2,1-2H3/b23-21+. The van der Waals surface area contributed by atoms with Crippen LogP contribution in [0, 0.1) is 6.92 Å². The molecule has 0 aliphatic carbocycles. The van der Waals surface area contributed by atoms with E-state index in [9.17, 15) is 14.7 Å². The SMILES string of the molecule is CCOc1cccc(C2/C(=C(\O)c3ccncc3)C(=O)C(=O)N2c2cccc(C)c2)c1. The molecule has 1 aromatic heterocycles. The Morgan fingerprint density at radius 2 is 1.81 bits per heavy atom. The summed E-state index contributed by atoms with van der Waals surface area (Å²) in [6.45, 7) is 4.29. The molecule has 0 radical (unpaired) electrons. The lowest BCUT2D eigenvalue weighted by Crippen LogP contribution is -2.29. The van der Waals surface area contributed by atoms with Gasteiger partial charge < -0.3 is 9.84 Å². The Morgan fingerprint density at radius 3 is 2.52 bits per heavy atom. The van der Waals surface area contributed by atoms with Crippen molar-refractivity contribution in [3.63, 3.8) is 0 Å². The number of aliphatic hydroxyl groups is 1. The van der Waals surface area contributed by atoms with Crippen LogP contribution < -0.4 is 9.64 Å². The van der Waals surface area contributed by atoms with Crippen LogP contribution in [0.1, 0.15) is 29.7 Å². The molecule has 31 heavy (non-hydrogen) atoms. The molecule has 0 spiro atoms. The highest BCUT2D eigenvalue weighted by Gasteiger charge is 2.47. The van der Waals surface area contributed by atoms with Gasteiger partial charge in [-0.1, -0.05) is 24.3 Å². The molecule has 156 valence electrons. The number of aliphatic hydroxyl groups excluding tert-OH is 1. The zero-order chi connectivity index (χ0) is 22.0. The van der Waals surface area contributed by atoms with E-state index < -0.39 is 17.7 Å². The number of hydrogen-bond acceptors (Lipinski definition) is 5. The number of aromatic nitrogens is 1. The van der Waals surface area contributed by atoms with Gasteiger partial charge >= 0.3 is 0 Å². The van der Waals surface area contributed by atoms with Crippen molar-refractivity contribution in [2.45, 2.75) is 19.9 Å². The Kier molecular flexibility index (Phi) is 5.54. The van der Waals surface area contributed by atoms with Crippen molar-refractivity contribution in [2.75, 3.05) is 11.5 Å². The highest BCUT2D eigenvalue weighted by molar-refractivity contribution is 6.51. The molecule has 0 saturated carbocycles. The minimum absolute atomic E-state index is 0.0337. The first-order chi connectivity index (χ1) is 15.0. The summed E-state index contributed by atoms with van der Waals surface area (Å²) in [4.78, 5) is 31.7. The van der Waals surface area contributed by atoms with Gasteiger partial charge in [-0.3, -0.25) is 19.5 Å². The Labute approximate surface area is 180 Å². The number of ether oxygens (including phenoxy) is 1. The lowest BCUT2D eigenvalue weighted by atomic mass is 9.95. The number of aryl methyl sites for hydroxylation is 1. The zero-order valence-corrected chi connectivity index (χ0v) is 17.3. The fraction of sp³-hybridized carbons (Fsp3) is 0.160. The second kappa shape index (κ2) is 8.44. The van der Waals surface area contributed by atoms with Crippen molar-refractivity contribution in [1.29, 1.82) is 0 Å². The molecule has 1 unspecified atom stereocenters. The minimum Gasteiger partial charge on any atom is -0.507 e. The minimum atomic E-state index is -0.796. The van der Waals surface area contributed by atoms with E-state index in [1.54, 1.807) is 24.3 Å². The Balaban J connectivity index is 1.95. The van der Waals surface area contributed by atoms with E-state index in [2.05, 4.69) is 4.98 Å². The summed E-state index contributed by atoms with van der Waals surface area (Å²) >= 11 is 0. The van der Waals surface area contributed by atoms with Gasteiger partial charge in [-0.05, 0) is 61.4 Å². The van der Waals surface area contributed by atoms with Crippen LogP contribution in [0.5, 0.6) is 5.75 Å². The van der Waals surface area contributed by atoms with Crippen LogP contribution in [0.2, 0.25) is 0 Å². The van der Waals surface area contributed by atoms with Gasteiger partial charge in [-0.25, -0.2) is 0 Å². The normalized spacial score (nSPS) is 17.7. The van der Waals surface area contributed by atoms with Crippen LogP contribution in [0.25, 0.3) is 5.76 Å². The second-order valence-electron chi connectivity index (χ2n) is 7.25. The van der Waals surface area contributed by atoms with Crippen LogP contribution in [0.15, 0.2) is 78.6 Å². The molecule has 3 aromatic rings. The Bertz CT molecular complexity index is 1170. The maximum atomic E-state index is 13.1. The monoisotopic (exact) mass is 414 g/mol. The molecular weight excluding hydrogens is 392 g/mol. The first-order valence-electron chi connectivity index (χ1n) is 10.0. The highest BCUT2D eigenvalue weighted by Crippen LogP contribution is 2.42. The second-order valence-corrected chi connectivity index (χ2v) is 7.25. The van der Waals surface area contributed by atoms with Gasteiger partial charge in [0, 0.05) is 23.6 Å². The number of amides is 1. The number of nitrogens with zero attached hydrogens (tertiary/aromatic N) is 2. The zero-order valence-electron chi connectivity index (χ0n) is 17.3. The van der Waals surface area contributed by atoms with Crippen molar-refractivity contribution in [3.8, 4) is 5.75 Å². The average molecular weight is 414 g/mol. The third-order valence-electron chi connectivity index (χ3n) is 5.16. The third-order valence-corrected chi connectivity index (χ3v) is 5.16. The molecule has 1 amide bonds. The van der Waals surface area contributed by atoms with E-state index in [4.69, 9.17) is 4.74 Å². The van der Waals surface area contributed by atoms with Gasteiger partial charge in [-0.15, -0.1) is 0 Å². The number of anilines is 1. The van der Waals surface area contributed by atoms with Crippen molar-refractivity contribution in [1.82, 2.24) is 4.98 Å². The maximum absolute atomic E-state index is 13.1. The first-order valence-corrected chi connectivity index (χ1v) is 10.0. The lowest BCUT2D eigenvalue weighted by molar-refractivity contribution is -0.132. The molecule has 2 aromatic carbocycles. The van der Waals surface area contributed by atoms with Gasteiger partial charge in [0.2, 0.25) is 0 Å². The number of rotatable bonds is 5. The van der Waals surface area contributed by atoms with Crippen LogP contribution in [-0.4, -0.2) is 28.4 Å². The molecular formula is C25H22N2O4. The van der Waals surface area contributed by atoms with Crippen LogP contribution >= 0.6 is 0 Å². The van der Waals surface area contributed by atoms with Crippen LogP contribution in [0.3, 0.4) is 0 Å². The predicted molar refractivity (Wildman–Crippen MR) is 118 cm³/mol. The predicted octanol–water partition coefficient (Wildman–Crippen LogP) is 4.42. The van der Waals surface area contributed by atoms with E-state index in [1.807, 2.05) is 50.2 Å². The van der Waals surface area contributed by atoms with Gasteiger partial charge in [0.05, 0.1) is 18.2 Å². The molecule has 1 atom stereocenters. The number of carbonyl (C=O) groups is 2. The molecule has 1 aliphatic rings. The first kappa shape index (κ1) is 20.3.